The van der Waals surface area contributed by atoms with Crippen molar-refractivity contribution in [1.29, 1.82) is 0 Å². The quantitative estimate of drug-likeness (QED) is 0.458. The van der Waals surface area contributed by atoms with Gasteiger partial charge in [-0.05, 0) is 65.0 Å². The normalized spacial score (nSPS) is 23.0. The number of fused-ring (bicyclic) bond motifs is 1. The van der Waals surface area contributed by atoms with E-state index in [9.17, 15) is 31.1 Å². The van der Waals surface area contributed by atoms with Crippen LogP contribution in [0.15, 0.2) is 30.2 Å². The van der Waals surface area contributed by atoms with Crippen molar-refractivity contribution >= 4 is 28.6 Å². The van der Waals surface area contributed by atoms with E-state index in [-0.39, 0.29) is 23.4 Å². The summed E-state index contributed by atoms with van der Waals surface area (Å²) in [5.41, 5.74) is -2.17. The van der Waals surface area contributed by atoms with Crippen LogP contribution in [0.25, 0.3) is 16.7 Å². The lowest BCUT2D eigenvalue weighted by molar-refractivity contribution is -0.165. The van der Waals surface area contributed by atoms with Crippen LogP contribution in [-0.2, 0) is 4.74 Å². The highest BCUT2D eigenvalue weighted by atomic mass is 19.4. The zero-order chi connectivity index (χ0) is 27.9. The van der Waals surface area contributed by atoms with Gasteiger partial charge in [-0.15, -0.1) is 0 Å². The minimum Gasteiger partial charge on any atom is -0.444 e. The second-order valence-electron chi connectivity index (χ2n) is 10.5. The van der Waals surface area contributed by atoms with E-state index >= 15 is 0 Å². The van der Waals surface area contributed by atoms with Crippen molar-refractivity contribution in [2.24, 2.45) is 5.92 Å². The molecule has 2 aliphatic rings. The number of alkyl halides is 6. The van der Waals surface area contributed by atoms with E-state index in [0.29, 0.717) is 43.0 Å². The second kappa shape index (κ2) is 10.1. The van der Waals surface area contributed by atoms with Gasteiger partial charge >= 0.3 is 18.4 Å². The largest absolute Gasteiger partial charge is 0.444 e. The Morgan fingerprint density at radius 3 is 2.29 bits per heavy atom. The summed E-state index contributed by atoms with van der Waals surface area (Å²) in [6.45, 7) is 5.34. The lowest BCUT2D eigenvalue weighted by atomic mass is 9.91. The molecule has 0 bridgehead atoms. The molecule has 2 aromatic heterocycles. The summed E-state index contributed by atoms with van der Waals surface area (Å²) in [5.74, 6) is -1.93. The first-order chi connectivity index (χ1) is 17.6. The Balaban J connectivity index is 1.50. The fourth-order valence-corrected chi connectivity index (χ4v) is 4.52. The fourth-order valence-electron chi connectivity index (χ4n) is 4.52. The molecule has 2 aromatic rings. The van der Waals surface area contributed by atoms with Gasteiger partial charge in [-0.2, -0.15) is 31.4 Å². The summed E-state index contributed by atoms with van der Waals surface area (Å²) < 4.78 is 86.5. The predicted molar refractivity (Wildman–Crippen MR) is 127 cm³/mol. The number of anilines is 1. The number of hydrogen-bond acceptors (Lipinski definition) is 6. The van der Waals surface area contributed by atoms with Crippen LogP contribution in [0.4, 0.5) is 37.0 Å². The lowest BCUT2D eigenvalue weighted by Gasteiger charge is -2.30. The fraction of sp³-hybridized carbons (Fsp3) is 0.583. The number of amides is 1. The van der Waals surface area contributed by atoms with Gasteiger partial charge in [0.1, 0.15) is 17.7 Å². The van der Waals surface area contributed by atoms with Gasteiger partial charge in [-0.25, -0.2) is 19.4 Å². The van der Waals surface area contributed by atoms with Crippen LogP contribution >= 0.6 is 0 Å². The highest BCUT2D eigenvalue weighted by molar-refractivity contribution is 5.89. The molecule has 2 aliphatic carbocycles. The molecule has 0 saturated heterocycles. The summed E-state index contributed by atoms with van der Waals surface area (Å²) in [5, 5.41) is 10.5. The number of halogens is 6. The summed E-state index contributed by atoms with van der Waals surface area (Å²) >= 11 is 0. The number of ether oxygens (including phenoxy) is 1. The van der Waals surface area contributed by atoms with Crippen LogP contribution in [0.1, 0.15) is 52.9 Å². The lowest BCUT2D eigenvalue weighted by Crippen LogP contribution is -2.42. The topological polar surface area (TPSA) is 94.0 Å². The number of carbonyl (C=O) groups excluding carboxylic acids is 1. The molecule has 208 valence electrons. The van der Waals surface area contributed by atoms with Crippen LogP contribution in [-0.4, -0.2) is 55.9 Å². The van der Waals surface area contributed by atoms with Crippen molar-refractivity contribution in [2.75, 3.05) is 5.32 Å². The molecule has 0 radical (unpaired) electrons. The number of nitrogens with zero attached hydrogens (tertiary/aromatic N) is 4. The maximum absolute atomic E-state index is 13.4. The zero-order valence-electron chi connectivity index (χ0n) is 21.0. The van der Waals surface area contributed by atoms with E-state index in [2.05, 4.69) is 25.7 Å². The minimum absolute atomic E-state index is 0.0200. The van der Waals surface area contributed by atoms with Gasteiger partial charge in [-0.3, -0.25) is 0 Å². The average molecular weight is 547 g/mol. The molecular formula is C24H28F6N6O2. The highest BCUT2D eigenvalue weighted by Crippen LogP contribution is 2.42. The van der Waals surface area contributed by atoms with Crippen molar-refractivity contribution in [3.8, 4) is 0 Å². The molecule has 2 N–H and O–H groups in total. The average Bonchev–Trinajstić information content (AvgIpc) is 3.23. The van der Waals surface area contributed by atoms with Crippen LogP contribution in [0.2, 0.25) is 0 Å². The number of nitrogens with one attached hydrogen (secondary N) is 2. The van der Waals surface area contributed by atoms with Crippen LogP contribution in [0, 0.1) is 5.92 Å². The smallest absolute Gasteiger partial charge is 0.412 e. The van der Waals surface area contributed by atoms with Crippen molar-refractivity contribution in [1.82, 2.24) is 25.1 Å². The molecule has 0 spiro atoms. The monoisotopic (exact) mass is 546 g/mol. The Hall–Kier alpha value is -3.32. The van der Waals surface area contributed by atoms with E-state index in [4.69, 9.17) is 4.74 Å². The molecule has 38 heavy (non-hydrogen) atoms. The van der Waals surface area contributed by atoms with Crippen molar-refractivity contribution < 1.29 is 35.9 Å². The highest BCUT2D eigenvalue weighted by Gasteiger charge is 2.45. The van der Waals surface area contributed by atoms with Crippen LogP contribution in [0.3, 0.4) is 0 Å². The Kier molecular flexibility index (Phi) is 7.36. The molecule has 8 nitrogen and oxygen atoms in total. The standard InChI is InChI=1S/C24H28F6N6O2/c1-22(2,3)38-21(37)35-16-6-4-15(5-7-16)34-19-18-11-33-36(20(18)32-12-31-19)17-9-13(23(25,26)27)8-14(10-17)24(28,29)30/h9-13,15-16H,4-8H2,1-3H3,(H,35,37)(H,31,32,34). The SMILES string of the molecule is CC(C)(C)OC(=O)NC1CCC(Nc2ncnc3c2cnn3C2=CC(C(F)(F)F)CC(C(F)(F)F)=C2)CC1. The number of alkyl carbamates (subject to hydrolysis) is 1. The molecule has 1 atom stereocenters. The van der Waals surface area contributed by atoms with E-state index in [1.54, 1.807) is 20.8 Å². The van der Waals surface area contributed by atoms with Crippen molar-refractivity contribution in [3.05, 3.63) is 30.2 Å². The third-order valence-corrected chi connectivity index (χ3v) is 6.32. The second-order valence-corrected chi connectivity index (χ2v) is 10.5. The van der Waals surface area contributed by atoms with E-state index in [1.165, 1.54) is 12.5 Å². The van der Waals surface area contributed by atoms with Crippen molar-refractivity contribution in [3.63, 3.8) is 0 Å². The number of aromatic nitrogens is 4. The number of hydrogen-bond donors (Lipinski definition) is 2. The first-order valence-electron chi connectivity index (χ1n) is 12.1. The number of carbonyl (C=O) groups is 1. The van der Waals surface area contributed by atoms with Gasteiger partial charge in [-0.1, -0.05) is 0 Å². The Morgan fingerprint density at radius 2 is 1.68 bits per heavy atom. The van der Waals surface area contributed by atoms with Gasteiger partial charge < -0.3 is 15.4 Å². The third kappa shape index (κ3) is 6.57. The molecule has 0 aromatic carbocycles. The van der Waals surface area contributed by atoms with Gasteiger partial charge in [0.25, 0.3) is 0 Å². The predicted octanol–water partition coefficient (Wildman–Crippen LogP) is 5.99. The molecule has 1 fully saturated rings. The first kappa shape index (κ1) is 27.7. The van der Waals surface area contributed by atoms with E-state index < -0.39 is 42.0 Å². The van der Waals surface area contributed by atoms with E-state index in [1.807, 2.05) is 0 Å². The molecule has 1 saturated carbocycles. The first-order valence-corrected chi connectivity index (χ1v) is 12.1. The molecule has 0 aliphatic heterocycles. The molecule has 4 rings (SSSR count). The Labute approximate surface area is 214 Å². The molecular weight excluding hydrogens is 518 g/mol. The van der Waals surface area contributed by atoms with Crippen LogP contribution in [0.5, 0.6) is 0 Å². The number of rotatable bonds is 4. The Morgan fingerprint density at radius 1 is 1.03 bits per heavy atom. The number of allylic oxidation sites excluding steroid dienone is 4. The van der Waals surface area contributed by atoms with Gasteiger partial charge in [0.15, 0.2) is 5.65 Å². The third-order valence-electron chi connectivity index (χ3n) is 6.32. The summed E-state index contributed by atoms with van der Waals surface area (Å²) in [6, 6.07) is -0.0705. The summed E-state index contributed by atoms with van der Waals surface area (Å²) in [6.07, 6.45) is -4.80. The van der Waals surface area contributed by atoms with Crippen LogP contribution < -0.4 is 10.6 Å². The van der Waals surface area contributed by atoms with Gasteiger partial charge in [0.05, 0.1) is 23.2 Å². The summed E-state index contributed by atoms with van der Waals surface area (Å²) in [7, 11) is 0. The summed E-state index contributed by atoms with van der Waals surface area (Å²) in [4.78, 5) is 20.3. The minimum atomic E-state index is -4.91. The zero-order valence-corrected chi connectivity index (χ0v) is 21.0. The van der Waals surface area contributed by atoms with Gasteiger partial charge in [0, 0.05) is 17.7 Å². The molecule has 1 unspecified atom stereocenters. The maximum atomic E-state index is 13.4. The maximum Gasteiger partial charge on any atom is 0.412 e. The molecule has 14 heteroatoms. The van der Waals surface area contributed by atoms with Crippen molar-refractivity contribution in [2.45, 2.75) is 82.9 Å². The molecule has 1 amide bonds. The van der Waals surface area contributed by atoms with E-state index in [0.717, 1.165) is 10.8 Å². The molecule has 2 heterocycles. The van der Waals surface area contributed by atoms with Gasteiger partial charge in [0.2, 0.25) is 0 Å². The Bertz CT molecular complexity index is 1240.